The van der Waals surface area contributed by atoms with E-state index in [-0.39, 0.29) is 6.54 Å². The van der Waals surface area contributed by atoms with Gasteiger partial charge in [0.15, 0.2) is 11.5 Å². The number of pyridine rings is 1. The lowest BCUT2D eigenvalue weighted by molar-refractivity contribution is -0.140. The van der Waals surface area contributed by atoms with Crippen molar-refractivity contribution in [2.75, 3.05) is 19.7 Å². The summed E-state index contributed by atoms with van der Waals surface area (Å²) in [6.07, 6.45) is -2.12. The monoisotopic (exact) mass is 466 g/mol. The molecule has 1 unspecified atom stereocenters. The molecule has 178 valence electrons. The van der Waals surface area contributed by atoms with E-state index in [4.69, 9.17) is 9.47 Å². The highest BCUT2D eigenvalue weighted by molar-refractivity contribution is 5.87. The number of urea groups is 1. The topological polar surface area (TPSA) is 92.8 Å². The fraction of sp³-hybridized carbons (Fsp3) is 0.409. The van der Waals surface area contributed by atoms with Gasteiger partial charge in [0.2, 0.25) is 11.8 Å². The van der Waals surface area contributed by atoms with Crippen molar-refractivity contribution in [3.63, 3.8) is 0 Å². The number of ether oxygens (including phenoxy) is 2. The number of carbonyl (C=O) groups excluding carboxylic acids is 2. The molecule has 1 aliphatic rings. The largest absolute Gasteiger partial charge is 0.490 e. The number of hydrogen-bond acceptors (Lipinski definition) is 5. The predicted molar refractivity (Wildman–Crippen MR) is 113 cm³/mol. The second-order valence-corrected chi connectivity index (χ2v) is 7.33. The van der Waals surface area contributed by atoms with Crippen molar-refractivity contribution in [1.82, 2.24) is 20.5 Å². The molecule has 1 saturated heterocycles. The van der Waals surface area contributed by atoms with Crippen LogP contribution < -0.4 is 20.1 Å². The number of carbonyl (C=O) groups is 2. The quantitative estimate of drug-likeness (QED) is 0.620. The third-order valence-electron chi connectivity index (χ3n) is 4.88. The zero-order valence-electron chi connectivity index (χ0n) is 18.0. The molecule has 3 amide bonds. The average molecular weight is 466 g/mol. The Morgan fingerprint density at radius 1 is 1.15 bits per heavy atom. The Hall–Kier alpha value is -3.50. The lowest BCUT2D eigenvalue weighted by Crippen LogP contribution is -2.50. The molecule has 2 aromatic rings. The molecule has 1 atom stereocenters. The maximum atomic E-state index is 12.5. The third kappa shape index (κ3) is 6.99. The third-order valence-corrected chi connectivity index (χ3v) is 4.88. The highest BCUT2D eigenvalue weighted by atomic mass is 19.4. The molecule has 1 aromatic carbocycles. The van der Waals surface area contributed by atoms with Crippen molar-refractivity contribution < 1.29 is 32.2 Å². The van der Waals surface area contributed by atoms with Crippen LogP contribution in [-0.4, -0.2) is 53.7 Å². The second kappa shape index (κ2) is 10.9. The second-order valence-electron chi connectivity index (χ2n) is 7.33. The van der Waals surface area contributed by atoms with E-state index in [1.807, 2.05) is 24.4 Å². The fourth-order valence-corrected chi connectivity index (χ4v) is 3.36. The molecule has 2 heterocycles. The summed E-state index contributed by atoms with van der Waals surface area (Å²) in [6.45, 7) is 1.37. The summed E-state index contributed by atoms with van der Waals surface area (Å²) in [6, 6.07) is 9.13. The van der Waals surface area contributed by atoms with Crippen LogP contribution in [0.3, 0.4) is 0 Å². The van der Waals surface area contributed by atoms with Gasteiger partial charge in [-0.2, -0.15) is 13.2 Å². The van der Waals surface area contributed by atoms with E-state index in [1.54, 1.807) is 24.3 Å². The molecular weight excluding hydrogens is 441 g/mol. The van der Waals surface area contributed by atoms with Crippen LogP contribution >= 0.6 is 0 Å². The summed E-state index contributed by atoms with van der Waals surface area (Å²) in [7, 11) is 0. The Morgan fingerprint density at radius 2 is 1.91 bits per heavy atom. The molecule has 2 N–H and O–H groups in total. The van der Waals surface area contributed by atoms with Crippen LogP contribution in [0.25, 0.3) is 0 Å². The van der Waals surface area contributed by atoms with Crippen LogP contribution in [-0.2, 0) is 11.3 Å². The fourth-order valence-electron chi connectivity index (χ4n) is 3.36. The van der Waals surface area contributed by atoms with Crippen molar-refractivity contribution >= 4 is 11.9 Å². The molecule has 0 spiro atoms. The maximum absolute atomic E-state index is 12.5. The highest BCUT2D eigenvalue weighted by Crippen LogP contribution is 2.30. The first-order valence-electron chi connectivity index (χ1n) is 10.5. The molecule has 1 aliphatic heterocycles. The molecule has 11 heteroatoms. The summed E-state index contributed by atoms with van der Waals surface area (Å²) < 4.78 is 48.3. The van der Waals surface area contributed by atoms with Crippen LogP contribution in [0.1, 0.15) is 25.3 Å². The molecule has 1 aromatic heterocycles. The summed E-state index contributed by atoms with van der Waals surface area (Å²) in [5, 5.41) is 4.52. The van der Waals surface area contributed by atoms with E-state index < -0.39 is 30.7 Å². The minimum atomic E-state index is -4.50. The molecule has 8 nitrogen and oxygen atoms in total. The van der Waals surface area contributed by atoms with Crippen LogP contribution in [0.2, 0.25) is 0 Å². The van der Waals surface area contributed by atoms with Crippen molar-refractivity contribution in [3.8, 4) is 17.4 Å². The van der Waals surface area contributed by atoms with Crippen molar-refractivity contribution in [1.29, 1.82) is 0 Å². The number of nitrogens with zero attached hydrogens (tertiary/aromatic N) is 2. The first kappa shape index (κ1) is 24.1. The average Bonchev–Trinajstić information content (AvgIpc) is 3.28. The van der Waals surface area contributed by atoms with Crippen molar-refractivity contribution in [2.45, 2.75) is 38.5 Å². The Kier molecular flexibility index (Phi) is 7.96. The van der Waals surface area contributed by atoms with E-state index in [1.165, 1.54) is 11.1 Å². The van der Waals surface area contributed by atoms with Gasteiger partial charge >= 0.3 is 12.2 Å². The van der Waals surface area contributed by atoms with E-state index in [9.17, 15) is 22.8 Å². The molecule has 0 aliphatic carbocycles. The SMILES string of the molecule is CCOc1ccccc1Oc1ccc(CNC(=O)N2CCCC2C(=O)NCC(F)(F)F)cn1. The van der Waals surface area contributed by atoms with Gasteiger partial charge in [0.1, 0.15) is 12.6 Å². The van der Waals surface area contributed by atoms with E-state index in [2.05, 4.69) is 10.3 Å². The van der Waals surface area contributed by atoms with Gasteiger partial charge in [-0.25, -0.2) is 9.78 Å². The molecule has 0 radical (unpaired) electrons. The first-order chi connectivity index (χ1) is 15.8. The van der Waals surface area contributed by atoms with E-state index >= 15 is 0 Å². The number of benzene rings is 1. The molecule has 0 saturated carbocycles. The van der Waals surface area contributed by atoms with Gasteiger partial charge in [0.25, 0.3) is 0 Å². The Balaban J connectivity index is 1.52. The molecule has 1 fully saturated rings. The van der Waals surface area contributed by atoms with Gasteiger partial charge in [-0.15, -0.1) is 0 Å². The number of alkyl halides is 3. The highest BCUT2D eigenvalue weighted by Gasteiger charge is 2.36. The summed E-state index contributed by atoms with van der Waals surface area (Å²) in [4.78, 5) is 30.0. The number of para-hydroxylation sites is 2. The number of halogens is 3. The van der Waals surface area contributed by atoms with Gasteiger partial charge in [0.05, 0.1) is 6.61 Å². The van der Waals surface area contributed by atoms with Crippen LogP contribution in [0.15, 0.2) is 42.6 Å². The normalized spacial score (nSPS) is 15.8. The van der Waals surface area contributed by atoms with E-state index in [0.29, 0.717) is 48.9 Å². The number of likely N-dealkylation sites (tertiary alicyclic amines) is 1. The minimum absolute atomic E-state index is 0.134. The van der Waals surface area contributed by atoms with Crippen LogP contribution in [0, 0.1) is 0 Å². The Morgan fingerprint density at radius 3 is 2.58 bits per heavy atom. The Labute approximate surface area is 189 Å². The predicted octanol–water partition coefficient (Wildman–Crippen LogP) is 3.63. The van der Waals surface area contributed by atoms with Crippen LogP contribution in [0.4, 0.5) is 18.0 Å². The lowest BCUT2D eigenvalue weighted by Gasteiger charge is -2.24. The molecule has 33 heavy (non-hydrogen) atoms. The minimum Gasteiger partial charge on any atom is -0.490 e. The summed E-state index contributed by atoms with van der Waals surface area (Å²) in [5.41, 5.74) is 0.686. The first-order valence-corrected chi connectivity index (χ1v) is 10.5. The Bertz CT molecular complexity index is 953. The van der Waals surface area contributed by atoms with E-state index in [0.717, 1.165) is 0 Å². The van der Waals surface area contributed by atoms with Gasteiger partial charge in [0, 0.05) is 25.4 Å². The zero-order valence-corrected chi connectivity index (χ0v) is 18.0. The number of aromatic nitrogens is 1. The smallest absolute Gasteiger partial charge is 0.405 e. The summed E-state index contributed by atoms with van der Waals surface area (Å²) >= 11 is 0. The number of amides is 3. The standard InChI is InChI=1S/C22H25F3N4O4/c1-2-32-17-7-3-4-8-18(17)33-19-10-9-15(12-26-19)13-27-21(31)29-11-5-6-16(29)20(30)28-14-22(23,24)25/h3-4,7-10,12,16H,2,5-6,11,13-14H2,1H3,(H,27,31)(H,28,30). The number of hydrogen-bond donors (Lipinski definition) is 2. The van der Waals surface area contributed by atoms with Crippen molar-refractivity contribution in [2.24, 2.45) is 0 Å². The maximum Gasteiger partial charge on any atom is 0.405 e. The van der Waals surface area contributed by atoms with Gasteiger partial charge in [-0.05, 0) is 37.5 Å². The lowest BCUT2D eigenvalue weighted by atomic mass is 10.2. The number of rotatable bonds is 8. The summed E-state index contributed by atoms with van der Waals surface area (Å²) in [5.74, 6) is 0.656. The molecular formula is C22H25F3N4O4. The zero-order chi connectivity index (χ0) is 23.8. The number of nitrogens with one attached hydrogen (secondary N) is 2. The van der Waals surface area contributed by atoms with Gasteiger partial charge in [-0.1, -0.05) is 18.2 Å². The van der Waals surface area contributed by atoms with Crippen molar-refractivity contribution in [3.05, 3.63) is 48.2 Å². The van der Waals surface area contributed by atoms with Gasteiger partial charge in [-0.3, -0.25) is 4.79 Å². The van der Waals surface area contributed by atoms with Crippen LogP contribution in [0.5, 0.6) is 17.4 Å². The molecule has 0 bridgehead atoms. The van der Waals surface area contributed by atoms with Gasteiger partial charge < -0.3 is 25.0 Å². The molecule has 3 rings (SSSR count).